The minimum Gasteiger partial charge on any atom is -0.266 e. The molecule has 0 radical (unpaired) electrons. The standard InChI is InChI=1S/C18H9F3N2OS4/c19-18(20,21)11-5-3-4-10(8-11)9-14-15(24)23(17(25)28-14)22-16-26-12-6-1-2-7-13(12)27-16/h1-9H. The number of carbonyl (C=O) groups is 1. The van der Waals surface area contributed by atoms with Gasteiger partial charge >= 0.3 is 6.18 Å². The number of thiocarbonyl (C=S) groups is 1. The predicted molar refractivity (Wildman–Crippen MR) is 112 cm³/mol. The largest absolute Gasteiger partial charge is 0.416 e. The highest BCUT2D eigenvalue weighted by molar-refractivity contribution is 8.26. The van der Waals surface area contributed by atoms with Crippen LogP contribution in [0, 0.1) is 0 Å². The average molecular weight is 455 g/mol. The molecule has 0 saturated carbocycles. The molecular weight excluding hydrogens is 445 g/mol. The Hall–Kier alpha value is -2.01. The van der Waals surface area contributed by atoms with E-state index in [9.17, 15) is 18.0 Å². The van der Waals surface area contributed by atoms with Gasteiger partial charge in [-0.15, -0.1) is 27.8 Å². The van der Waals surface area contributed by atoms with Crippen LogP contribution in [-0.2, 0) is 11.0 Å². The molecule has 0 N–H and O–H groups in total. The van der Waals surface area contributed by atoms with Crippen molar-refractivity contribution in [1.29, 1.82) is 0 Å². The van der Waals surface area contributed by atoms with Crippen molar-refractivity contribution in [3.05, 3.63) is 68.5 Å². The molecule has 1 saturated heterocycles. The molecule has 1 amide bonds. The molecule has 0 aliphatic carbocycles. The molecule has 1 fully saturated rings. The van der Waals surface area contributed by atoms with Crippen molar-refractivity contribution in [2.45, 2.75) is 6.18 Å². The number of benzene rings is 2. The van der Waals surface area contributed by atoms with Gasteiger partial charge in [-0.2, -0.15) is 18.2 Å². The van der Waals surface area contributed by atoms with Crippen molar-refractivity contribution in [1.82, 2.24) is 5.01 Å². The topological polar surface area (TPSA) is 32.7 Å². The lowest BCUT2D eigenvalue weighted by molar-refractivity contribution is -0.137. The smallest absolute Gasteiger partial charge is 0.266 e. The van der Waals surface area contributed by atoms with Gasteiger partial charge in [-0.3, -0.25) is 4.79 Å². The molecule has 0 atom stereocenters. The van der Waals surface area contributed by atoms with E-state index in [4.69, 9.17) is 12.2 Å². The Morgan fingerprint density at radius 1 is 1.04 bits per heavy atom. The van der Waals surface area contributed by atoms with Crippen molar-refractivity contribution in [3.8, 4) is 0 Å². The fraction of sp³-hybridized carbons (Fsp3) is 0.0556. The minimum absolute atomic E-state index is 0.235. The first-order valence-electron chi connectivity index (χ1n) is 7.80. The molecular formula is C18H9F3N2OS4. The second-order valence-corrected chi connectivity index (χ2v) is 9.63. The van der Waals surface area contributed by atoms with Gasteiger partial charge in [-0.1, -0.05) is 36.0 Å². The van der Waals surface area contributed by atoms with Gasteiger partial charge < -0.3 is 0 Å². The molecule has 3 aromatic rings. The average Bonchev–Trinajstić information content (AvgIpc) is 3.17. The van der Waals surface area contributed by atoms with E-state index >= 15 is 0 Å². The van der Waals surface area contributed by atoms with E-state index in [0.717, 1.165) is 38.3 Å². The molecule has 1 aliphatic heterocycles. The van der Waals surface area contributed by atoms with Gasteiger partial charge in [0.1, 0.15) is 0 Å². The van der Waals surface area contributed by atoms with Crippen LogP contribution in [0.15, 0.2) is 58.5 Å². The zero-order valence-electron chi connectivity index (χ0n) is 13.8. The van der Waals surface area contributed by atoms with Crippen LogP contribution in [0.4, 0.5) is 13.2 Å². The van der Waals surface area contributed by atoms with Crippen LogP contribution in [0.1, 0.15) is 11.1 Å². The first-order chi connectivity index (χ1) is 13.3. The van der Waals surface area contributed by atoms with Gasteiger partial charge in [0.2, 0.25) is 0 Å². The number of fused-ring (bicyclic) bond motifs is 1. The SMILES string of the molecule is O=C1C(=Cc2cccc(C(F)(F)F)c2)SC(=S)N1N=c1sc2ccccc2s1. The Morgan fingerprint density at radius 2 is 1.71 bits per heavy atom. The molecule has 1 aromatic heterocycles. The maximum atomic E-state index is 12.9. The third-order valence-corrected chi connectivity index (χ3v) is 7.29. The number of thioether (sulfide) groups is 1. The van der Waals surface area contributed by atoms with E-state index in [1.165, 1.54) is 40.9 Å². The first kappa shape index (κ1) is 19.3. The molecule has 28 heavy (non-hydrogen) atoms. The second kappa shape index (κ2) is 7.43. The number of amides is 1. The number of nitrogens with zero attached hydrogens (tertiary/aromatic N) is 2. The first-order valence-corrected chi connectivity index (χ1v) is 10.7. The summed E-state index contributed by atoms with van der Waals surface area (Å²) in [4.78, 5) is 12.9. The predicted octanol–water partition coefficient (Wildman–Crippen LogP) is 5.70. The van der Waals surface area contributed by atoms with Crippen molar-refractivity contribution in [2.75, 3.05) is 0 Å². The number of hydrogen-bond donors (Lipinski definition) is 0. The quantitative estimate of drug-likeness (QED) is 0.368. The van der Waals surface area contributed by atoms with Crippen LogP contribution in [0.3, 0.4) is 0 Å². The van der Waals surface area contributed by atoms with Crippen LogP contribution in [0.25, 0.3) is 15.5 Å². The van der Waals surface area contributed by atoms with Gasteiger partial charge in [0.05, 0.1) is 10.5 Å². The van der Waals surface area contributed by atoms with Gasteiger partial charge in [-0.25, -0.2) is 0 Å². The highest BCUT2D eigenvalue weighted by atomic mass is 32.2. The van der Waals surface area contributed by atoms with E-state index in [1.54, 1.807) is 0 Å². The van der Waals surface area contributed by atoms with Crippen LogP contribution in [0.5, 0.6) is 0 Å². The number of hydrogen-bond acceptors (Lipinski definition) is 6. The highest BCUT2D eigenvalue weighted by Gasteiger charge is 2.33. The van der Waals surface area contributed by atoms with Crippen molar-refractivity contribution in [2.24, 2.45) is 5.10 Å². The Bertz CT molecular complexity index is 1160. The summed E-state index contributed by atoms with van der Waals surface area (Å²) in [5.74, 6) is -0.447. The summed E-state index contributed by atoms with van der Waals surface area (Å²) in [6, 6.07) is 12.6. The maximum absolute atomic E-state index is 12.9. The van der Waals surface area contributed by atoms with Crippen LogP contribution in [0.2, 0.25) is 0 Å². The van der Waals surface area contributed by atoms with E-state index in [2.05, 4.69) is 5.10 Å². The summed E-state index contributed by atoms with van der Waals surface area (Å²) in [7, 11) is 0. The van der Waals surface area contributed by atoms with E-state index in [-0.39, 0.29) is 14.8 Å². The van der Waals surface area contributed by atoms with Crippen molar-refractivity contribution >= 4 is 72.4 Å². The molecule has 10 heteroatoms. The van der Waals surface area contributed by atoms with E-state index in [1.807, 2.05) is 24.3 Å². The summed E-state index contributed by atoms with van der Waals surface area (Å²) >= 11 is 9.14. The summed E-state index contributed by atoms with van der Waals surface area (Å²) in [5, 5.41) is 5.47. The lowest BCUT2D eigenvalue weighted by Gasteiger charge is -2.07. The molecule has 2 heterocycles. The Labute approximate surface area is 174 Å². The normalized spacial score (nSPS) is 16.4. The molecule has 0 bridgehead atoms. The molecule has 0 unspecified atom stereocenters. The third-order valence-electron chi connectivity index (χ3n) is 3.71. The Morgan fingerprint density at radius 3 is 2.36 bits per heavy atom. The molecule has 3 nitrogen and oxygen atoms in total. The zero-order valence-corrected chi connectivity index (χ0v) is 17.0. The van der Waals surface area contributed by atoms with Gasteiger partial charge in [0.25, 0.3) is 5.91 Å². The van der Waals surface area contributed by atoms with E-state index < -0.39 is 17.6 Å². The minimum atomic E-state index is -4.44. The second-order valence-electron chi connectivity index (χ2n) is 5.63. The van der Waals surface area contributed by atoms with Crippen molar-refractivity contribution < 1.29 is 18.0 Å². The Balaban J connectivity index is 1.66. The summed E-state index contributed by atoms with van der Waals surface area (Å²) in [6.45, 7) is 0. The molecule has 2 aromatic carbocycles. The number of halogens is 3. The summed E-state index contributed by atoms with van der Waals surface area (Å²) in [5.41, 5.74) is -0.492. The lowest BCUT2D eigenvalue weighted by atomic mass is 10.1. The molecule has 1 aliphatic rings. The van der Waals surface area contributed by atoms with Crippen LogP contribution < -0.4 is 3.98 Å². The molecule has 142 valence electrons. The lowest BCUT2D eigenvalue weighted by Crippen LogP contribution is -2.23. The highest BCUT2D eigenvalue weighted by Crippen LogP contribution is 2.34. The number of carbonyl (C=O) groups excluding carboxylic acids is 1. The molecule has 0 spiro atoms. The third kappa shape index (κ3) is 3.90. The monoisotopic (exact) mass is 454 g/mol. The Kier molecular flexibility index (Phi) is 5.13. The maximum Gasteiger partial charge on any atom is 0.416 e. The number of rotatable bonds is 2. The fourth-order valence-electron chi connectivity index (χ4n) is 2.45. The fourth-order valence-corrected chi connectivity index (χ4v) is 5.82. The van der Waals surface area contributed by atoms with Gasteiger partial charge in [0, 0.05) is 9.40 Å². The van der Waals surface area contributed by atoms with Gasteiger partial charge in [-0.05, 0) is 48.1 Å². The van der Waals surface area contributed by atoms with Crippen LogP contribution >= 0.6 is 46.7 Å². The van der Waals surface area contributed by atoms with Gasteiger partial charge in [0.15, 0.2) is 8.31 Å². The summed E-state index contributed by atoms with van der Waals surface area (Å²) in [6.07, 6.45) is -3.04. The van der Waals surface area contributed by atoms with Crippen molar-refractivity contribution in [3.63, 3.8) is 0 Å². The van der Waals surface area contributed by atoms with E-state index in [0.29, 0.717) is 3.98 Å². The zero-order chi connectivity index (χ0) is 19.9. The molecule has 4 rings (SSSR count). The van der Waals surface area contributed by atoms with Crippen LogP contribution in [-0.4, -0.2) is 15.2 Å². The summed E-state index contributed by atoms with van der Waals surface area (Å²) < 4.78 is 41.6. The number of alkyl halides is 3.